The van der Waals surface area contributed by atoms with Crippen molar-refractivity contribution < 1.29 is 4.74 Å². The number of hydrogen-bond acceptors (Lipinski definition) is 3. The Hall–Kier alpha value is -2.78. The smallest absolute Gasteiger partial charge is 0.122 e. The topological polar surface area (TPSA) is 15.7 Å². The molecule has 1 aromatic carbocycles. The minimum absolute atomic E-state index is 0.414. The fourth-order valence-corrected chi connectivity index (χ4v) is 5.28. The van der Waals surface area contributed by atoms with Gasteiger partial charge in [0.15, 0.2) is 0 Å². The molecule has 0 aromatic heterocycles. The maximum Gasteiger partial charge on any atom is 0.122 e. The van der Waals surface area contributed by atoms with Crippen LogP contribution >= 0.6 is 0 Å². The van der Waals surface area contributed by atoms with Gasteiger partial charge in [0.2, 0.25) is 0 Å². The molecule has 0 fully saturated rings. The van der Waals surface area contributed by atoms with Gasteiger partial charge in [0.1, 0.15) is 5.75 Å². The van der Waals surface area contributed by atoms with Crippen LogP contribution in [-0.2, 0) is 6.42 Å². The van der Waals surface area contributed by atoms with Crippen LogP contribution in [0.5, 0.6) is 5.75 Å². The molecule has 2 atom stereocenters. The highest BCUT2D eigenvalue weighted by atomic mass is 16.5. The van der Waals surface area contributed by atoms with E-state index < -0.39 is 0 Å². The van der Waals surface area contributed by atoms with E-state index in [9.17, 15) is 0 Å². The van der Waals surface area contributed by atoms with E-state index in [1.54, 1.807) is 7.11 Å². The summed E-state index contributed by atoms with van der Waals surface area (Å²) in [5.41, 5.74) is 8.87. The minimum atomic E-state index is 0.414. The van der Waals surface area contributed by atoms with E-state index in [0.29, 0.717) is 12.0 Å². The highest BCUT2D eigenvalue weighted by molar-refractivity contribution is 5.72. The third kappa shape index (κ3) is 5.00. The molecule has 2 unspecified atom stereocenters. The number of ether oxygens (including phenoxy) is 1. The number of methoxy groups -OCH3 is 1. The summed E-state index contributed by atoms with van der Waals surface area (Å²) in [6.45, 7) is 12.3. The van der Waals surface area contributed by atoms with Crippen molar-refractivity contribution in [2.75, 3.05) is 20.7 Å². The average molecular weight is 457 g/mol. The van der Waals surface area contributed by atoms with Crippen LogP contribution in [0.1, 0.15) is 57.6 Å². The van der Waals surface area contributed by atoms with E-state index in [1.807, 2.05) is 0 Å². The molecule has 0 amide bonds. The molecule has 1 aliphatic carbocycles. The molecule has 180 valence electrons. The first kappa shape index (κ1) is 24.3. The van der Waals surface area contributed by atoms with Gasteiger partial charge in [-0.1, -0.05) is 51.6 Å². The molecule has 0 radical (unpaired) electrons. The highest BCUT2D eigenvalue weighted by Crippen LogP contribution is 2.37. The Balaban J connectivity index is 1.61. The van der Waals surface area contributed by atoms with E-state index in [2.05, 4.69) is 99.0 Å². The second-order valence-electron chi connectivity index (χ2n) is 9.76. The molecule has 0 saturated carbocycles. The molecule has 3 nitrogen and oxygen atoms in total. The van der Waals surface area contributed by atoms with Crippen molar-refractivity contribution >= 4 is 5.57 Å². The molecule has 0 spiro atoms. The van der Waals surface area contributed by atoms with Gasteiger partial charge in [-0.15, -0.1) is 0 Å². The number of fused-ring (bicyclic) bond motifs is 1. The standard InChI is InChI=1S/C31H40N2O/c1-7-24-20-26(13-18-31(24)34-6)30-19-23(4)33-21-27(12-17-29(33)14-9-22(30)3)25-10-15-28(16-11-25)32(5)8-2/h10,12-14,17-22,28H,4,7-9,11,15-16H2,1-3,5-6H3. The van der Waals surface area contributed by atoms with Gasteiger partial charge in [-0.3, -0.25) is 0 Å². The summed E-state index contributed by atoms with van der Waals surface area (Å²) >= 11 is 0. The third-order valence-corrected chi connectivity index (χ3v) is 7.69. The Bertz CT molecular complexity index is 1080. The number of nitrogens with zero attached hydrogens (tertiary/aromatic N) is 2. The summed E-state index contributed by atoms with van der Waals surface area (Å²) in [6.07, 6.45) is 19.4. The lowest BCUT2D eigenvalue weighted by Crippen LogP contribution is -2.32. The van der Waals surface area contributed by atoms with Crippen molar-refractivity contribution in [2.45, 2.75) is 58.9 Å². The lowest BCUT2D eigenvalue weighted by Gasteiger charge is -2.33. The van der Waals surface area contributed by atoms with Gasteiger partial charge in [-0.2, -0.15) is 0 Å². The van der Waals surface area contributed by atoms with Crippen LogP contribution in [0, 0.1) is 5.92 Å². The molecule has 3 aliphatic rings. The second-order valence-corrected chi connectivity index (χ2v) is 9.76. The van der Waals surface area contributed by atoms with E-state index in [4.69, 9.17) is 4.74 Å². The summed E-state index contributed by atoms with van der Waals surface area (Å²) in [5.74, 6) is 1.38. The van der Waals surface area contributed by atoms with E-state index in [0.717, 1.165) is 43.7 Å². The Morgan fingerprint density at radius 2 is 1.97 bits per heavy atom. The van der Waals surface area contributed by atoms with E-state index >= 15 is 0 Å². The summed E-state index contributed by atoms with van der Waals surface area (Å²) < 4.78 is 5.56. The number of hydrogen-bond donors (Lipinski definition) is 0. The normalized spacial score (nSPS) is 22.9. The zero-order valence-corrected chi connectivity index (χ0v) is 21.6. The van der Waals surface area contributed by atoms with Gasteiger partial charge in [0.25, 0.3) is 0 Å². The van der Waals surface area contributed by atoms with Crippen molar-refractivity contribution in [3.8, 4) is 5.75 Å². The number of rotatable bonds is 6. The number of aryl methyl sites for hydroxylation is 1. The summed E-state index contributed by atoms with van der Waals surface area (Å²) in [7, 11) is 3.99. The Morgan fingerprint density at radius 3 is 2.65 bits per heavy atom. The Morgan fingerprint density at radius 1 is 1.15 bits per heavy atom. The van der Waals surface area contributed by atoms with Crippen LogP contribution in [0.25, 0.3) is 5.57 Å². The van der Waals surface area contributed by atoms with Crippen LogP contribution in [0.4, 0.5) is 0 Å². The minimum Gasteiger partial charge on any atom is -0.496 e. The monoisotopic (exact) mass is 456 g/mol. The number of allylic oxidation sites excluding steroid dienone is 7. The lowest BCUT2D eigenvalue weighted by atomic mass is 9.86. The van der Waals surface area contributed by atoms with E-state index in [1.165, 1.54) is 40.0 Å². The van der Waals surface area contributed by atoms with Crippen LogP contribution in [0.2, 0.25) is 0 Å². The van der Waals surface area contributed by atoms with Gasteiger partial charge < -0.3 is 14.5 Å². The molecular weight excluding hydrogens is 416 g/mol. The van der Waals surface area contributed by atoms with Gasteiger partial charge in [0, 0.05) is 23.6 Å². The molecule has 34 heavy (non-hydrogen) atoms. The van der Waals surface area contributed by atoms with Crippen molar-refractivity contribution in [3.05, 3.63) is 95.0 Å². The highest BCUT2D eigenvalue weighted by Gasteiger charge is 2.23. The third-order valence-electron chi connectivity index (χ3n) is 7.69. The fourth-order valence-electron chi connectivity index (χ4n) is 5.28. The van der Waals surface area contributed by atoms with Crippen LogP contribution in [0.3, 0.4) is 0 Å². The maximum atomic E-state index is 5.56. The maximum absolute atomic E-state index is 5.56. The predicted octanol–water partition coefficient (Wildman–Crippen LogP) is 7.26. The zero-order valence-electron chi connectivity index (χ0n) is 21.6. The van der Waals surface area contributed by atoms with Crippen molar-refractivity contribution in [1.82, 2.24) is 9.80 Å². The SMILES string of the molecule is C=C1C=C(c2ccc(OC)c(CC)c2)C(C)CC=C2C=CC(C3=CCC(N(C)CC)CC3)=CN12. The van der Waals surface area contributed by atoms with Gasteiger partial charge in [-0.05, 0) is 104 Å². The summed E-state index contributed by atoms with van der Waals surface area (Å²) in [5, 5.41) is 0. The molecule has 0 N–H and O–H groups in total. The molecule has 1 aromatic rings. The largest absolute Gasteiger partial charge is 0.496 e. The van der Waals surface area contributed by atoms with Crippen LogP contribution < -0.4 is 4.74 Å². The first-order valence-corrected chi connectivity index (χ1v) is 12.8. The van der Waals surface area contributed by atoms with Crippen molar-refractivity contribution in [2.24, 2.45) is 5.92 Å². The Labute approximate surface area is 206 Å². The van der Waals surface area contributed by atoms with Crippen molar-refractivity contribution in [3.63, 3.8) is 0 Å². The molecular formula is C31H40N2O. The molecule has 2 aliphatic heterocycles. The second kappa shape index (κ2) is 10.7. The average Bonchev–Trinajstić information content (AvgIpc) is 2.88. The van der Waals surface area contributed by atoms with Crippen molar-refractivity contribution in [1.29, 1.82) is 0 Å². The summed E-state index contributed by atoms with van der Waals surface area (Å²) in [4.78, 5) is 4.74. The quantitative estimate of drug-likeness (QED) is 0.448. The number of benzene rings is 1. The van der Waals surface area contributed by atoms with Gasteiger partial charge in [0.05, 0.1) is 7.11 Å². The molecule has 4 rings (SSSR count). The molecule has 3 heteroatoms. The van der Waals surface area contributed by atoms with Crippen LogP contribution in [0.15, 0.2) is 83.9 Å². The molecule has 0 bridgehead atoms. The van der Waals surface area contributed by atoms with E-state index in [-0.39, 0.29) is 0 Å². The van der Waals surface area contributed by atoms with Crippen LogP contribution in [-0.4, -0.2) is 36.5 Å². The van der Waals surface area contributed by atoms with Gasteiger partial charge >= 0.3 is 0 Å². The first-order valence-electron chi connectivity index (χ1n) is 12.8. The van der Waals surface area contributed by atoms with Gasteiger partial charge in [-0.25, -0.2) is 0 Å². The molecule has 0 saturated heterocycles. The Kier molecular flexibility index (Phi) is 7.63. The zero-order chi connectivity index (χ0) is 24.2. The summed E-state index contributed by atoms with van der Waals surface area (Å²) in [6, 6.07) is 7.24. The predicted molar refractivity (Wildman–Crippen MR) is 144 cm³/mol. The molecule has 2 heterocycles. The first-order chi connectivity index (χ1) is 16.4. The fraction of sp³-hybridized carbons (Fsp3) is 0.419. The lowest BCUT2D eigenvalue weighted by molar-refractivity contribution is 0.237.